The van der Waals surface area contributed by atoms with Crippen molar-refractivity contribution >= 4 is 27.8 Å². The van der Waals surface area contributed by atoms with Crippen LogP contribution in [0, 0.1) is 0 Å². The Balaban J connectivity index is 0.000000119. The van der Waals surface area contributed by atoms with Gasteiger partial charge in [-0.1, -0.05) is 91.5 Å². The topological polar surface area (TPSA) is 52.1 Å². The van der Waals surface area contributed by atoms with E-state index in [2.05, 4.69) is 40.8 Å². The summed E-state index contributed by atoms with van der Waals surface area (Å²) in [5.41, 5.74) is 6.95. The molecule has 0 saturated heterocycles. The molecule has 0 aliphatic carbocycles. The minimum Gasteiger partial charge on any atom is -0.443 e. The number of hydrogen-bond donors (Lipinski definition) is 0. The Hall–Kier alpha value is -4.44. The first-order valence-corrected chi connectivity index (χ1v) is 10.2. The molecule has 0 amide bonds. The van der Waals surface area contributed by atoms with E-state index in [0.29, 0.717) is 0 Å². The zero-order valence-corrected chi connectivity index (χ0v) is 17.5. The highest BCUT2D eigenvalue weighted by molar-refractivity contribution is 5.77. The molecule has 0 aliphatic rings. The highest BCUT2D eigenvalue weighted by atomic mass is 16.3. The highest BCUT2D eigenvalue weighted by Gasteiger charge is 1.99. The van der Waals surface area contributed by atoms with Crippen molar-refractivity contribution in [1.82, 2.24) is 9.97 Å². The number of para-hydroxylation sites is 4. The van der Waals surface area contributed by atoms with Crippen molar-refractivity contribution in [2.24, 2.45) is 0 Å². The Bertz CT molecular complexity index is 1220. The number of benzene rings is 4. The molecule has 0 atom stereocenters. The van der Waals surface area contributed by atoms with Crippen molar-refractivity contribution in [3.63, 3.8) is 0 Å². The van der Waals surface area contributed by atoms with Crippen molar-refractivity contribution in [2.75, 3.05) is 0 Å². The number of nitrogens with zero attached hydrogens (tertiary/aromatic N) is 2. The van der Waals surface area contributed by atoms with E-state index in [9.17, 15) is 0 Å². The van der Waals surface area contributed by atoms with Crippen molar-refractivity contribution in [3.8, 4) is 0 Å². The number of hydrogen-bond acceptors (Lipinski definition) is 4. The first kappa shape index (κ1) is 20.8. The third kappa shape index (κ3) is 5.37. The van der Waals surface area contributed by atoms with E-state index in [1.54, 1.807) is 0 Å². The van der Waals surface area contributed by atoms with Crippen LogP contribution in [0.25, 0.3) is 27.8 Å². The van der Waals surface area contributed by atoms with Crippen molar-refractivity contribution in [2.45, 2.75) is 0 Å². The lowest BCUT2D eigenvalue weighted by Gasteiger charge is -2.04. The van der Waals surface area contributed by atoms with Gasteiger partial charge in [-0.2, -0.15) is 0 Å². The van der Waals surface area contributed by atoms with Gasteiger partial charge in [0, 0.05) is 0 Å². The maximum atomic E-state index is 5.01. The molecule has 0 radical (unpaired) electrons. The molecule has 6 rings (SSSR count). The van der Waals surface area contributed by atoms with Crippen LogP contribution in [0.15, 0.2) is 137 Å². The largest absolute Gasteiger partial charge is 0.443 e. The number of aromatic nitrogens is 2. The fourth-order valence-corrected chi connectivity index (χ4v) is 3.05. The fraction of sp³-hybridized carbons (Fsp3) is 0. The van der Waals surface area contributed by atoms with Gasteiger partial charge >= 0.3 is 0 Å². The van der Waals surface area contributed by atoms with Crippen molar-refractivity contribution < 1.29 is 8.83 Å². The molecule has 4 heteroatoms. The summed E-state index contributed by atoms with van der Waals surface area (Å²) in [6, 6.07) is 35.8. The number of oxazole rings is 2. The summed E-state index contributed by atoms with van der Waals surface area (Å²) < 4.78 is 10.0. The standard InChI is InChI=1S/C14H12.2C7H5NO/c1-12(13-8-4-2-5-9-13)14-10-6-3-7-11-14;2*1-2-4-7-6(3-1)8-5-9-7/h2-11H,1H2;2*1-5H. The molecule has 0 bridgehead atoms. The van der Waals surface area contributed by atoms with Gasteiger partial charge in [-0.15, -0.1) is 0 Å². The van der Waals surface area contributed by atoms with E-state index in [1.807, 2.05) is 84.9 Å². The zero-order chi connectivity index (χ0) is 22.0. The maximum absolute atomic E-state index is 5.01. The summed E-state index contributed by atoms with van der Waals surface area (Å²) in [4.78, 5) is 7.90. The molecule has 0 fully saturated rings. The first-order valence-electron chi connectivity index (χ1n) is 10.2. The quantitative estimate of drug-likeness (QED) is 0.294. The van der Waals surface area contributed by atoms with E-state index >= 15 is 0 Å². The summed E-state index contributed by atoms with van der Waals surface area (Å²) in [5, 5.41) is 0. The van der Waals surface area contributed by atoms with Crippen LogP contribution in [0.1, 0.15) is 11.1 Å². The predicted molar refractivity (Wildman–Crippen MR) is 129 cm³/mol. The summed E-state index contributed by atoms with van der Waals surface area (Å²) in [6.07, 6.45) is 2.90. The van der Waals surface area contributed by atoms with Crippen LogP contribution in [0.4, 0.5) is 0 Å². The van der Waals surface area contributed by atoms with E-state index < -0.39 is 0 Å². The van der Waals surface area contributed by atoms with Crippen LogP contribution in [0.5, 0.6) is 0 Å². The van der Waals surface area contributed by atoms with Gasteiger partial charge in [-0.05, 0) is 41.0 Å². The Morgan fingerprint density at radius 3 is 1.28 bits per heavy atom. The molecule has 2 aromatic heterocycles. The van der Waals surface area contributed by atoms with Gasteiger partial charge in [0.2, 0.25) is 0 Å². The Labute approximate surface area is 186 Å². The fourth-order valence-electron chi connectivity index (χ4n) is 3.05. The Morgan fingerprint density at radius 2 is 0.875 bits per heavy atom. The minimum absolute atomic E-state index is 0.845. The molecule has 2 heterocycles. The lowest BCUT2D eigenvalue weighted by molar-refractivity contribution is 0.602. The summed E-state index contributed by atoms with van der Waals surface area (Å²) >= 11 is 0. The second-order valence-electron chi connectivity index (χ2n) is 6.85. The highest BCUT2D eigenvalue weighted by Crippen LogP contribution is 2.20. The molecular weight excluding hydrogens is 396 g/mol. The number of rotatable bonds is 2. The van der Waals surface area contributed by atoms with Gasteiger partial charge in [-0.3, -0.25) is 0 Å². The van der Waals surface area contributed by atoms with Crippen LogP contribution in [-0.4, -0.2) is 9.97 Å². The molecule has 6 aromatic rings. The normalized spacial score (nSPS) is 10.0. The smallest absolute Gasteiger partial charge is 0.181 e. The van der Waals surface area contributed by atoms with Gasteiger partial charge in [0.05, 0.1) is 0 Å². The van der Waals surface area contributed by atoms with Gasteiger partial charge < -0.3 is 8.83 Å². The van der Waals surface area contributed by atoms with Gasteiger partial charge in [0.15, 0.2) is 24.0 Å². The molecular formula is C28H22N2O2. The molecule has 0 N–H and O–H groups in total. The van der Waals surface area contributed by atoms with Crippen LogP contribution in [0.3, 0.4) is 0 Å². The summed E-state index contributed by atoms with van der Waals surface area (Å²) in [6.45, 7) is 4.10. The average molecular weight is 418 g/mol. The van der Waals surface area contributed by atoms with E-state index in [1.165, 1.54) is 23.9 Å². The summed E-state index contributed by atoms with van der Waals surface area (Å²) in [7, 11) is 0. The lowest BCUT2D eigenvalue weighted by atomic mass is 10.0. The van der Waals surface area contributed by atoms with E-state index in [0.717, 1.165) is 27.8 Å². The van der Waals surface area contributed by atoms with Crippen LogP contribution < -0.4 is 0 Å². The van der Waals surface area contributed by atoms with Crippen LogP contribution >= 0.6 is 0 Å². The molecule has 4 aromatic carbocycles. The third-order valence-electron chi connectivity index (χ3n) is 4.72. The van der Waals surface area contributed by atoms with Crippen molar-refractivity contribution in [3.05, 3.63) is 140 Å². The SMILES string of the molecule is C=C(c1ccccc1)c1ccccc1.c1ccc2ocnc2c1.c1ccc2ocnc2c1. The third-order valence-corrected chi connectivity index (χ3v) is 4.72. The molecule has 4 nitrogen and oxygen atoms in total. The average Bonchev–Trinajstić information content (AvgIpc) is 3.55. The predicted octanol–water partition coefficient (Wildman–Crippen LogP) is 7.40. The lowest BCUT2D eigenvalue weighted by Crippen LogP contribution is -1.84. The van der Waals surface area contributed by atoms with Crippen LogP contribution in [-0.2, 0) is 0 Å². The second kappa shape index (κ2) is 10.5. The minimum atomic E-state index is 0.845. The van der Waals surface area contributed by atoms with Crippen LogP contribution in [0.2, 0.25) is 0 Å². The van der Waals surface area contributed by atoms with Gasteiger partial charge in [0.25, 0.3) is 0 Å². The molecule has 0 spiro atoms. The maximum Gasteiger partial charge on any atom is 0.181 e. The van der Waals surface area contributed by atoms with Crippen molar-refractivity contribution in [1.29, 1.82) is 0 Å². The van der Waals surface area contributed by atoms with Gasteiger partial charge in [-0.25, -0.2) is 9.97 Å². The van der Waals surface area contributed by atoms with E-state index in [4.69, 9.17) is 8.83 Å². The molecule has 0 aliphatic heterocycles. The molecule has 156 valence electrons. The van der Waals surface area contributed by atoms with E-state index in [-0.39, 0.29) is 0 Å². The Morgan fingerprint density at radius 1 is 0.500 bits per heavy atom. The summed E-state index contributed by atoms with van der Waals surface area (Å²) in [5.74, 6) is 0. The van der Waals surface area contributed by atoms with Gasteiger partial charge in [0.1, 0.15) is 11.0 Å². The monoisotopic (exact) mass is 418 g/mol. The molecule has 0 saturated carbocycles. The molecule has 0 unspecified atom stereocenters. The first-order chi connectivity index (χ1) is 15.8. The molecule has 32 heavy (non-hydrogen) atoms. The Kier molecular flexibility index (Phi) is 6.86. The second-order valence-corrected chi connectivity index (χ2v) is 6.85. The zero-order valence-electron chi connectivity index (χ0n) is 17.5. The number of fused-ring (bicyclic) bond motifs is 2.